The molecule has 0 unspecified atom stereocenters. The van der Waals surface area contributed by atoms with Gasteiger partial charge in [0.15, 0.2) is 0 Å². The molecular formula is C14H11FO2S. The molecule has 2 nitrogen and oxygen atoms in total. The summed E-state index contributed by atoms with van der Waals surface area (Å²) in [4.78, 5) is 11.8. The van der Waals surface area contributed by atoms with Gasteiger partial charge in [-0.05, 0) is 23.8 Å². The van der Waals surface area contributed by atoms with Crippen molar-refractivity contribution in [1.29, 1.82) is 0 Å². The number of ether oxygens (including phenoxy) is 1. The lowest BCUT2D eigenvalue weighted by molar-refractivity contribution is 0.0472. The first-order valence-corrected chi connectivity index (χ1v) is 5.81. The maximum Gasteiger partial charge on any atom is 0.338 e. The summed E-state index contributed by atoms with van der Waals surface area (Å²) in [7, 11) is 0. The second-order valence-corrected chi connectivity index (χ2v) is 4.21. The van der Waals surface area contributed by atoms with Crippen LogP contribution in [0.5, 0.6) is 0 Å². The first kappa shape index (κ1) is 12.6. The topological polar surface area (TPSA) is 26.3 Å². The molecule has 0 amide bonds. The van der Waals surface area contributed by atoms with Gasteiger partial charge in [0.05, 0.1) is 5.56 Å². The molecule has 0 spiro atoms. The van der Waals surface area contributed by atoms with Gasteiger partial charge in [0.1, 0.15) is 12.4 Å². The Labute approximate surface area is 110 Å². The molecule has 0 N–H and O–H groups in total. The minimum Gasteiger partial charge on any atom is -0.457 e. The van der Waals surface area contributed by atoms with Crippen molar-refractivity contribution in [1.82, 2.24) is 0 Å². The Bertz CT molecular complexity index is 555. The zero-order valence-corrected chi connectivity index (χ0v) is 10.4. The Morgan fingerprint density at radius 1 is 1.17 bits per heavy atom. The molecule has 2 aromatic rings. The maximum atomic E-state index is 13.0. The van der Waals surface area contributed by atoms with Gasteiger partial charge in [0.25, 0.3) is 0 Å². The van der Waals surface area contributed by atoms with E-state index in [0.29, 0.717) is 0 Å². The van der Waals surface area contributed by atoms with E-state index in [1.54, 1.807) is 0 Å². The highest BCUT2D eigenvalue weighted by atomic mass is 32.1. The van der Waals surface area contributed by atoms with Crippen LogP contribution in [0.1, 0.15) is 15.9 Å². The van der Waals surface area contributed by atoms with Crippen LogP contribution in [0.4, 0.5) is 4.39 Å². The normalized spacial score (nSPS) is 10.1. The van der Waals surface area contributed by atoms with Crippen molar-refractivity contribution in [3.05, 3.63) is 65.5 Å². The largest absolute Gasteiger partial charge is 0.457 e. The van der Waals surface area contributed by atoms with Gasteiger partial charge in [-0.3, -0.25) is 0 Å². The molecule has 2 rings (SSSR count). The monoisotopic (exact) mass is 262 g/mol. The number of thiol groups is 1. The predicted molar refractivity (Wildman–Crippen MR) is 69.2 cm³/mol. The number of hydrogen-bond acceptors (Lipinski definition) is 3. The summed E-state index contributed by atoms with van der Waals surface area (Å²) < 4.78 is 18.1. The molecule has 0 saturated carbocycles. The van der Waals surface area contributed by atoms with Crippen molar-refractivity contribution >= 4 is 18.6 Å². The van der Waals surface area contributed by atoms with Crippen LogP contribution >= 0.6 is 12.6 Å². The summed E-state index contributed by atoms with van der Waals surface area (Å²) in [5.41, 5.74) is 1.19. The van der Waals surface area contributed by atoms with Crippen LogP contribution in [0.3, 0.4) is 0 Å². The lowest BCUT2D eigenvalue weighted by Crippen LogP contribution is -2.05. The quantitative estimate of drug-likeness (QED) is 0.677. The van der Waals surface area contributed by atoms with Crippen LogP contribution in [0.15, 0.2) is 53.4 Å². The highest BCUT2D eigenvalue weighted by molar-refractivity contribution is 7.80. The SMILES string of the molecule is O=C(OCc1ccccc1)c1ccc(F)c(S)c1. The summed E-state index contributed by atoms with van der Waals surface area (Å²) in [6.45, 7) is 0.193. The van der Waals surface area contributed by atoms with Crippen LogP contribution in [0.2, 0.25) is 0 Å². The molecule has 18 heavy (non-hydrogen) atoms. The fourth-order valence-corrected chi connectivity index (χ4v) is 1.66. The van der Waals surface area contributed by atoms with E-state index in [-0.39, 0.29) is 17.1 Å². The summed E-state index contributed by atoms with van der Waals surface area (Å²) in [6, 6.07) is 13.3. The van der Waals surface area contributed by atoms with Gasteiger partial charge >= 0.3 is 5.97 Å². The van der Waals surface area contributed by atoms with Crippen LogP contribution < -0.4 is 0 Å². The third kappa shape index (κ3) is 3.11. The Kier molecular flexibility index (Phi) is 3.99. The van der Waals surface area contributed by atoms with Crippen molar-refractivity contribution in [2.45, 2.75) is 11.5 Å². The van der Waals surface area contributed by atoms with Gasteiger partial charge < -0.3 is 4.74 Å². The molecule has 92 valence electrons. The van der Waals surface area contributed by atoms with E-state index in [2.05, 4.69) is 12.6 Å². The summed E-state index contributed by atoms with van der Waals surface area (Å²) in [5, 5.41) is 0. The summed E-state index contributed by atoms with van der Waals surface area (Å²) >= 11 is 3.92. The molecule has 0 atom stereocenters. The number of benzene rings is 2. The van der Waals surface area contributed by atoms with Gasteiger partial charge in [-0.15, -0.1) is 12.6 Å². The molecular weight excluding hydrogens is 251 g/mol. The van der Waals surface area contributed by atoms with E-state index < -0.39 is 11.8 Å². The fourth-order valence-electron chi connectivity index (χ4n) is 1.45. The average molecular weight is 262 g/mol. The number of hydrogen-bond donors (Lipinski definition) is 1. The second-order valence-electron chi connectivity index (χ2n) is 3.73. The Balaban J connectivity index is 2.02. The van der Waals surface area contributed by atoms with E-state index in [1.807, 2.05) is 30.3 Å². The molecule has 0 bridgehead atoms. The van der Waals surface area contributed by atoms with Gasteiger partial charge in [-0.1, -0.05) is 30.3 Å². The maximum absolute atomic E-state index is 13.0. The summed E-state index contributed by atoms with van der Waals surface area (Å²) in [6.07, 6.45) is 0. The van der Waals surface area contributed by atoms with Crippen molar-refractivity contribution in [3.8, 4) is 0 Å². The van der Waals surface area contributed by atoms with Crippen molar-refractivity contribution in [2.75, 3.05) is 0 Å². The standard InChI is InChI=1S/C14H11FO2S/c15-12-7-6-11(8-13(12)18)14(16)17-9-10-4-2-1-3-5-10/h1-8,18H,9H2. The Morgan fingerprint density at radius 3 is 2.56 bits per heavy atom. The molecule has 4 heteroatoms. The van der Waals surface area contributed by atoms with Crippen molar-refractivity contribution < 1.29 is 13.9 Å². The lowest BCUT2D eigenvalue weighted by atomic mass is 10.2. The van der Waals surface area contributed by atoms with Crippen molar-refractivity contribution in [2.24, 2.45) is 0 Å². The van der Waals surface area contributed by atoms with Gasteiger partial charge in [0, 0.05) is 4.90 Å². The minimum absolute atomic E-state index is 0.129. The first-order chi connectivity index (χ1) is 8.66. The van der Waals surface area contributed by atoms with Crippen LogP contribution in [-0.2, 0) is 11.3 Å². The molecule has 0 aliphatic heterocycles. The number of rotatable bonds is 3. The smallest absolute Gasteiger partial charge is 0.338 e. The third-order valence-corrected chi connectivity index (χ3v) is 2.74. The first-order valence-electron chi connectivity index (χ1n) is 5.36. The van der Waals surface area contributed by atoms with Crippen LogP contribution in [0.25, 0.3) is 0 Å². The summed E-state index contributed by atoms with van der Waals surface area (Å²) in [5.74, 6) is -0.952. The fraction of sp³-hybridized carbons (Fsp3) is 0.0714. The molecule has 2 aromatic carbocycles. The predicted octanol–water partition coefficient (Wildman–Crippen LogP) is 3.47. The molecule has 0 fully saturated rings. The molecule has 0 aliphatic rings. The molecule has 0 aromatic heterocycles. The third-order valence-electron chi connectivity index (χ3n) is 2.39. The molecule has 0 heterocycles. The van der Waals surface area contributed by atoms with Gasteiger partial charge in [-0.2, -0.15) is 0 Å². The average Bonchev–Trinajstić information content (AvgIpc) is 2.40. The van der Waals surface area contributed by atoms with E-state index in [1.165, 1.54) is 18.2 Å². The Hall–Kier alpha value is -1.81. The molecule has 0 aliphatic carbocycles. The highest BCUT2D eigenvalue weighted by Gasteiger charge is 2.09. The number of esters is 1. The Morgan fingerprint density at radius 2 is 1.89 bits per heavy atom. The number of carbonyl (C=O) groups excluding carboxylic acids is 1. The number of halogens is 1. The van der Waals surface area contributed by atoms with Crippen LogP contribution in [0, 0.1) is 5.82 Å². The van der Waals surface area contributed by atoms with Crippen molar-refractivity contribution in [3.63, 3.8) is 0 Å². The van der Waals surface area contributed by atoms with Crippen LogP contribution in [-0.4, -0.2) is 5.97 Å². The minimum atomic E-state index is -0.492. The number of carbonyl (C=O) groups is 1. The molecule has 0 saturated heterocycles. The van der Waals surface area contributed by atoms with Gasteiger partial charge in [0.2, 0.25) is 0 Å². The highest BCUT2D eigenvalue weighted by Crippen LogP contribution is 2.15. The molecule has 0 radical (unpaired) electrons. The zero-order valence-electron chi connectivity index (χ0n) is 9.47. The van der Waals surface area contributed by atoms with E-state index in [4.69, 9.17) is 4.74 Å². The van der Waals surface area contributed by atoms with E-state index in [0.717, 1.165) is 5.56 Å². The lowest BCUT2D eigenvalue weighted by Gasteiger charge is -2.05. The second kappa shape index (κ2) is 5.69. The van der Waals surface area contributed by atoms with E-state index >= 15 is 0 Å². The van der Waals surface area contributed by atoms with Gasteiger partial charge in [-0.25, -0.2) is 9.18 Å². The zero-order chi connectivity index (χ0) is 13.0. The van der Waals surface area contributed by atoms with E-state index in [9.17, 15) is 9.18 Å².